The first-order valence-corrected chi connectivity index (χ1v) is 5.72. The van der Waals surface area contributed by atoms with Gasteiger partial charge in [0.25, 0.3) is 0 Å². The number of rotatable bonds is 5. The molecule has 0 saturated heterocycles. The fourth-order valence-corrected chi connectivity index (χ4v) is 1.42. The maximum absolute atomic E-state index is 4.21. The second-order valence-electron chi connectivity index (χ2n) is 2.94. The number of likely N-dealkylation sites (N-methyl/N-ethyl adjacent to an activating group) is 2. The SMILES string of the molecule is CNCCN(C)c1cc(SC)ncn1. The molecule has 78 valence electrons. The minimum atomic E-state index is 0.946. The van der Waals surface area contributed by atoms with Crippen LogP contribution in [0.4, 0.5) is 5.82 Å². The summed E-state index contributed by atoms with van der Waals surface area (Å²) in [4.78, 5) is 10.5. The smallest absolute Gasteiger partial charge is 0.132 e. The zero-order valence-electron chi connectivity index (χ0n) is 8.82. The second-order valence-corrected chi connectivity index (χ2v) is 3.77. The highest BCUT2D eigenvalue weighted by atomic mass is 32.2. The molecule has 1 aromatic rings. The van der Waals surface area contributed by atoms with Crippen molar-refractivity contribution in [2.24, 2.45) is 0 Å². The van der Waals surface area contributed by atoms with E-state index in [0.717, 1.165) is 23.9 Å². The Kier molecular flexibility index (Phi) is 4.69. The third-order valence-corrected chi connectivity index (χ3v) is 2.57. The molecule has 0 aromatic carbocycles. The van der Waals surface area contributed by atoms with Crippen molar-refractivity contribution in [2.45, 2.75) is 5.03 Å². The average molecular weight is 212 g/mol. The standard InChI is InChI=1S/C9H16N4S/c1-10-4-5-13(2)8-6-9(14-3)12-7-11-8/h6-7,10H,4-5H2,1-3H3. The van der Waals surface area contributed by atoms with Gasteiger partial charge in [0.1, 0.15) is 17.2 Å². The molecule has 0 radical (unpaired) electrons. The summed E-state index contributed by atoms with van der Waals surface area (Å²) in [6, 6.07) is 2.00. The van der Waals surface area contributed by atoms with E-state index in [2.05, 4.69) is 20.2 Å². The topological polar surface area (TPSA) is 41.0 Å². The Balaban J connectivity index is 2.64. The lowest BCUT2D eigenvalue weighted by molar-refractivity contribution is 0.758. The van der Waals surface area contributed by atoms with E-state index < -0.39 is 0 Å². The lowest BCUT2D eigenvalue weighted by atomic mass is 10.5. The molecule has 5 heteroatoms. The molecule has 0 atom stereocenters. The van der Waals surface area contributed by atoms with Crippen LogP contribution in [0.25, 0.3) is 0 Å². The normalized spacial score (nSPS) is 10.2. The number of nitrogens with zero attached hydrogens (tertiary/aromatic N) is 3. The van der Waals surface area contributed by atoms with Crippen molar-refractivity contribution in [3.8, 4) is 0 Å². The minimum Gasteiger partial charge on any atom is -0.358 e. The Bertz CT molecular complexity index is 279. The van der Waals surface area contributed by atoms with Gasteiger partial charge in [-0.3, -0.25) is 0 Å². The maximum atomic E-state index is 4.21. The van der Waals surface area contributed by atoms with Gasteiger partial charge in [0, 0.05) is 26.2 Å². The predicted octanol–water partition coefficient (Wildman–Crippen LogP) is 0.854. The highest BCUT2D eigenvalue weighted by molar-refractivity contribution is 7.98. The van der Waals surface area contributed by atoms with E-state index in [4.69, 9.17) is 0 Å². The summed E-state index contributed by atoms with van der Waals surface area (Å²) >= 11 is 1.63. The van der Waals surface area contributed by atoms with E-state index >= 15 is 0 Å². The Morgan fingerprint density at radius 3 is 2.93 bits per heavy atom. The molecule has 1 rings (SSSR count). The zero-order chi connectivity index (χ0) is 10.4. The lowest BCUT2D eigenvalue weighted by Gasteiger charge is -2.17. The van der Waals surface area contributed by atoms with E-state index in [0.29, 0.717) is 0 Å². The van der Waals surface area contributed by atoms with Gasteiger partial charge >= 0.3 is 0 Å². The molecule has 4 nitrogen and oxygen atoms in total. The van der Waals surface area contributed by atoms with Crippen LogP contribution in [0, 0.1) is 0 Å². The highest BCUT2D eigenvalue weighted by Gasteiger charge is 2.02. The molecular formula is C9H16N4S. The average Bonchev–Trinajstić information content (AvgIpc) is 2.26. The molecule has 0 aliphatic rings. The monoisotopic (exact) mass is 212 g/mol. The second kappa shape index (κ2) is 5.82. The maximum Gasteiger partial charge on any atom is 0.132 e. The Morgan fingerprint density at radius 1 is 1.50 bits per heavy atom. The number of thioether (sulfide) groups is 1. The molecule has 1 heterocycles. The van der Waals surface area contributed by atoms with Crippen molar-refractivity contribution in [1.29, 1.82) is 0 Å². The van der Waals surface area contributed by atoms with Crippen molar-refractivity contribution in [3.05, 3.63) is 12.4 Å². The van der Waals surface area contributed by atoms with Crippen LogP contribution in [0.5, 0.6) is 0 Å². The van der Waals surface area contributed by atoms with Gasteiger partial charge in [0.05, 0.1) is 0 Å². The summed E-state index contributed by atoms with van der Waals surface area (Å²) in [5, 5.41) is 4.11. The Hall–Kier alpha value is -0.810. The Morgan fingerprint density at radius 2 is 2.29 bits per heavy atom. The van der Waals surface area contributed by atoms with Gasteiger partial charge < -0.3 is 10.2 Å². The molecule has 0 aliphatic heterocycles. The number of aromatic nitrogens is 2. The van der Waals surface area contributed by atoms with Crippen LogP contribution in [0.15, 0.2) is 17.4 Å². The van der Waals surface area contributed by atoms with Crippen molar-refractivity contribution in [3.63, 3.8) is 0 Å². The fraction of sp³-hybridized carbons (Fsp3) is 0.556. The summed E-state index contributed by atoms with van der Waals surface area (Å²) in [5.41, 5.74) is 0. The van der Waals surface area contributed by atoms with Crippen molar-refractivity contribution < 1.29 is 0 Å². The van der Waals surface area contributed by atoms with Gasteiger partial charge in [0.15, 0.2) is 0 Å². The molecule has 1 N–H and O–H groups in total. The van der Waals surface area contributed by atoms with Crippen LogP contribution in [-0.4, -0.2) is 43.4 Å². The van der Waals surface area contributed by atoms with Crippen LogP contribution in [0.3, 0.4) is 0 Å². The van der Waals surface area contributed by atoms with Gasteiger partial charge in [-0.2, -0.15) is 0 Å². The van der Waals surface area contributed by atoms with E-state index in [-0.39, 0.29) is 0 Å². The summed E-state index contributed by atoms with van der Waals surface area (Å²) < 4.78 is 0. The van der Waals surface area contributed by atoms with Crippen LogP contribution in [0.1, 0.15) is 0 Å². The largest absolute Gasteiger partial charge is 0.358 e. The third kappa shape index (κ3) is 3.16. The molecule has 0 fully saturated rings. The molecule has 1 aromatic heterocycles. The van der Waals surface area contributed by atoms with E-state index in [1.165, 1.54) is 0 Å². The number of hydrogen-bond donors (Lipinski definition) is 1. The third-order valence-electron chi connectivity index (χ3n) is 1.93. The zero-order valence-corrected chi connectivity index (χ0v) is 9.64. The summed E-state index contributed by atoms with van der Waals surface area (Å²) in [6.07, 6.45) is 3.62. The summed E-state index contributed by atoms with van der Waals surface area (Å²) in [6.45, 7) is 1.90. The van der Waals surface area contributed by atoms with Gasteiger partial charge in [-0.1, -0.05) is 0 Å². The first kappa shape index (κ1) is 11.3. The summed E-state index contributed by atoms with van der Waals surface area (Å²) in [5.74, 6) is 0.972. The molecule has 0 saturated carbocycles. The van der Waals surface area contributed by atoms with E-state index in [1.54, 1.807) is 18.1 Å². The van der Waals surface area contributed by atoms with Crippen LogP contribution < -0.4 is 10.2 Å². The first-order valence-electron chi connectivity index (χ1n) is 4.49. The molecule has 0 bridgehead atoms. The number of hydrogen-bond acceptors (Lipinski definition) is 5. The Labute approximate surface area is 89.1 Å². The molecule has 0 spiro atoms. The van der Waals surface area contributed by atoms with E-state index in [1.807, 2.05) is 26.4 Å². The first-order chi connectivity index (χ1) is 6.77. The van der Waals surface area contributed by atoms with Crippen LogP contribution in [-0.2, 0) is 0 Å². The predicted molar refractivity (Wildman–Crippen MR) is 61.0 cm³/mol. The quantitative estimate of drug-likeness (QED) is 0.579. The number of anilines is 1. The van der Waals surface area contributed by atoms with Gasteiger partial charge in [-0.15, -0.1) is 11.8 Å². The van der Waals surface area contributed by atoms with Gasteiger partial charge in [-0.05, 0) is 13.3 Å². The molecular weight excluding hydrogens is 196 g/mol. The van der Waals surface area contributed by atoms with Crippen molar-refractivity contribution >= 4 is 17.6 Å². The van der Waals surface area contributed by atoms with Crippen LogP contribution >= 0.6 is 11.8 Å². The van der Waals surface area contributed by atoms with Gasteiger partial charge in [0.2, 0.25) is 0 Å². The molecule has 0 unspecified atom stereocenters. The van der Waals surface area contributed by atoms with Gasteiger partial charge in [-0.25, -0.2) is 9.97 Å². The van der Waals surface area contributed by atoms with E-state index in [9.17, 15) is 0 Å². The fourth-order valence-electron chi connectivity index (χ4n) is 1.04. The van der Waals surface area contributed by atoms with Crippen molar-refractivity contribution in [2.75, 3.05) is 38.3 Å². The summed E-state index contributed by atoms with van der Waals surface area (Å²) in [7, 11) is 3.98. The highest BCUT2D eigenvalue weighted by Crippen LogP contribution is 2.15. The molecule has 0 amide bonds. The minimum absolute atomic E-state index is 0.946. The number of nitrogens with one attached hydrogen (secondary N) is 1. The van der Waals surface area contributed by atoms with Crippen LogP contribution in [0.2, 0.25) is 0 Å². The molecule has 14 heavy (non-hydrogen) atoms. The van der Waals surface area contributed by atoms with Crippen molar-refractivity contribution in [1.82, 2.24) is 15.3 Å². The molecule has 0 aliphatic carbocycles. The lowest BCUT2D eigenvalue weighted by Crippen LogP contribution is -2.27.